The molecule has 0 atom stereocenters. The number of carboxylic acid groups (broad SMARTS) is 1. The van der Waals surface area contributed by atoms with Crippen LogP contribution in [0.5, 0.6) is 0 Å². The van der Waals surface area contributed by atoms with Crippen LogP contribution in [-0.2, 0) is 4.79 Å². The Balaban J connectivity index is 0. The number of hydrogen-bond donors (Lipinski definition) is 1. The minimum atomic E-state index is -0.657. The Bertz CT molecular complexity index is 160. The third kappa shape index (κ3) is 19.3. The van der Waals surface area contributed by atoms with Gasteiger partial charge in [0, 0.05) is 44.2 Å². The molecule has 0 spiro atoms. The first kappa shape index (κ1) is 20.1. The van der Waals surface area contributed by atoms with Crippen LogP contribution >= 0.6 is 0 Å². The first-order chi connectivity index (χ1) is 7.77. The van der Waals surface area contributed by atoms with Crippen molar-refractivity contribution in [3.05, 3.63) is 0 Å². The average molecular weight is 393 g/mol. The van der Waals surface area contributed by atoms with Crippen molar-refractivity contribution < 1.29 is 47.6 Å². The number of rotatable bonds is 12. The van der Waals surface area contributed by atoms with E-state index in [4.69, 9.17) is 5.11 Å². The van der Waals surface area contributed by atoms with E-state index in [1.165, 1.54) is 57.8 Å². The molecule has 0 aromatic heterocycles. The van der Waals surface area contributed by atoms with Crippen LogP contribution < -0.4 is 0 Å². The van der Waals surface area contributed by atoms with Gasteiger partial charge in [0.25, 0.3) is 0 Å². The topological polar surface area (TPSA) is 37.3 Å². The van der Waals surface area contributed by atoms with E-state index >= 15 is 0 Å². The molecule has 107 valence electrons. The van der Waals surface area contributed by atoms with Gasteiger partial charge in [0.1, 0.15) is 0 Å². The van der Waals surface area contributed by atoms with E-state index in [2.05, 4.69) is 6.92 Å². The van der Waals surface area contributed by atoms with Crippen LogP contribution in [0, 0.1) is 37.7 Å². The molecule has 0 bridgehead atoms. The molecule has 0 aliphatic heterocycles. The Morgan fingerprint density at radius 2 is 1.12 bits per heavy atom. The van der Waals surface area contributed by atoms with Crippen LogP contribution in [0.2, 0.25) is 0 Å². The summed E-state index contributed by atoms with van der Waals surface area (Å²) >= 11 is 0. The molecule has 0 saturated carbocycles. The second kappa shape index (κ2) is 16.7. The molecule has 1 radical (unpaired) electrons. The van der Waals surface area contributed by atoms with Crippen molar-refractivity contribution in [1.82, 2.24) is 0 Å². The van der Waals surface area contributed by atoms with Crippen LogP contribution in [0.25, 0.3) is 0 Å². The number of hydrogen-bond acceptors (Lipinski definition) is 1. The molecule has 1 N–H and O–H groups in total. The molecule has 0 amide bonds. The molecule has 0 aliphatic rings. The van der Waals surface area contributed by atoms with Gasteiger partial charge in [-0.3, -0.25) is 4.79 Å². The Morgan fingerprint density at radius 1 is 0.765 bits per heavy atom. The molecule has 0 saturated heterocycles. The minimum Gasteiger partial charge on any atom is -0.481 e. The quantitative estimate of drug-likeness (QED) is 0.383. The van der Waals surface area contributed by atoms with Crippen molar-refractivity contribution in [2.24, 2.45) is 0 Å². The maximum absolute atomic E-state index is 10.3. The molecule has 0 aromatic rings. The Kier molecular flexibility index (Phi) is 19.7. The van der Waals surface area contributed by atoms with Crippen LogP contribution in [0.15, 0.2) is 0 Å². The Morgan fingerprint density at radius 3 is 1.47 bits per heavy atom. The number of unbranched alkanes of at least 4 members (excludes halogenated alkanes) is 10. The number of carbonyl (C=O) groups is 1. The molecule has 3 heteroatoms. The summed E-state index contributed by atoms with van der Waals surface area (Å²) in [5, 5.41) is 8.46. The first-order valence-electron chi connectivity index (χ1n) is 6.99. The van der Waals surface area contributed by atoms with E-state index in [0.29, 0.717) is 6.42 Å². The van der Waals surface area contributed by atoms with Gasteiger partial charge < -0.3 is 5.11 Å². The van der Waals surface area contributed by atoms with Gasteiger partial charge in [-0.25, -0.2) is 0 Å². The summed E-state index contributed by atoms with van der Waals surface area (Å²) in [6, 6.07) is 0. The van der Waals surface area contributed by atoms with E-state index in [9.17, 15) is 4.79 Å². The second-order valence-electron chi connectivity index (χ2n) is 4.68. The summed E-state index contributed by atoms with van der Waals surface area (Å²) in [5.41, 5.74) is 0. The fourth-order valence-electron chi connectivity index (χ4n) is 1.94. The zero-order valence-electron chi connectivity index (χ0n) is 11.1. The van der Waals surface area contributed by atoms with E-state index < -0.39 is 5.97 Å². The van der Waals surface area contributed by atoms with E-state index in [0.717, 1.165) is 12.8 Å². The van der Waals surface area contributed by atoms with Gasteiger partial charge >= 0.3 is 5.97 Å². The SMILES string of the molecule is CCCCCCCCCCCCCC(=O)O.[Ho]. The molecule has 0 unspecified atom stereocenters. The summed E-state index contributed by atoms with van der Waals surface area (Å²) in [6.07, 6.45) is 14.4. The molecular weight excluding hydrogens is 365 g/mol. The third-order valence-corrected chi connectivity index (χ3v) is 2.99. The van der Waals surface area contributed by atoms with Crippen LogP contribution in [0.1, 0.15) is 84.0 Å². The zero-order valence-corrected chi connectivity index (χ0v) is 13.1. The number of carboxylic acids is 1. The zero-order chi connectivity index (χ0) is 12.1. The molecule has 0 fully saturated rings. The largest absolute Gasteiger partial charge is 0.481 e. The van der Waals surface area contributed by atoms with Gasteiger partial charge in [-0.15, -0.1) is 0 Å². The molecule has 0 rings (SSSR count). The Labute approximate surface area is 137 Å². The van der Waals surface area contributed by atoms with Crippen molar-refractivity contribution in [3.8, 4) is 0 Å². The maximum atomic E-state index is 10.3. The average Bonchev–Trinajstić information content (AvgIpc) is 2.25. The summed E-state index contributed by atoms with van der Waals surface area (Å²) in [7, 11) is 0. The van der Waals surface area contributed by atoms with Crippen LogP contribution in [0.4, 0.5) is 0 Å². The van der Waals surface area contributed by atoms with E-state index in [1.807, 2.05) is 0 Å². The van der Waals surface area contributed by atoms with Gasteiger partial charge in [-0.2, -0.15) is 0 Å². The summed E-state index contributed by atoms with van der Waals surface area (Å²) in [4.78, 5) is 10.3. The van der Waals surface area contributed by atoms with E-state index in [1.54, 1.807) is 0 Å². The number of aliphatic carboxylic acids is 1. The van der Waals surface area contributed by atoms with Crippen molar-refractivity contribution in [2.45, 2.75) is 84.0 Å². The molecular formula is C14H28HoO2. The molecule has 0 aromatic carbocycles. The molecule has 2 nitrogen and oxygen atoms in total. The summed E-state index contributed by atoms with van der Waals surface area (Å²) in [5.74, 6) is -0.657. The summed E-state index contributed by atoms with van der Waals surface area (Å²) in [6.45, 7) is 2.25. The van der Waals surface area contributed by atoms with Gasteiger partial charge in [-0.05, 0) is 6.42 Å². The van der Waals surface area contributed by atoms with Crippen LogP contribution in [-0.4, -0.2) is 11.1 Å². The fourth-order valence-corrected chi connectivity index (χ4v) is 1.94. The van der Waals surface area contributed by atoms with Gasteiger partial charge in [0.05, 0.1) is 0 Å². The third-order valence-electron chi connectivity index (χ3n) is 2.99. The summed E-state index contributed by atoms with van der Waals surface area (Å²) < 4.78 is 0. The van der Waals surface area contributed by atoms with Crippen molar-refractivity contribution in [3.63, 3.8) is 0 Å². The maximum Gasteiger partial charge on any atom is 0.303 e. The van der Waals surface area contributed by atoms with Gasteiger partial charge in [-0.1, -0.05) is 71.1 Å². The van der Waals surface area contributed by atoms with Crippen molar-refractivity contribution in [1.29, 1.82) is 0 Å². The monoisotopic (exact) mass is 393 g/mol. The van der Waals surface area contributed by atoms with Gasteiger partial charge in [0.2, 0.25) is 0 Å². The van der Waals surface area contributed by atoms with Gasteiger partial charge in [0.15, 0.2) is 0 Å². The van der Waals surface area contributed by atoms with E-state index in [-0.39, 0.29) is 37.7 Å². The Hall–Kier alpha value is 0.730. The predicted octanol–water partition coefficient (Wildman–Crippen LogP) is 4.77. The molecule has 0 heterocycles. The predicted molar refractivity (Wildman–Crippen MR) is 68.7 cm³/mol. The first-order valence-corrected chi connectivity index (χ1v) is 6.99. The van der Waals surface area contributed by atoms with Crippen molar-refractivity contribution >= 4 is 5.97 Å². The smallest absolute Gasteiger partial charge is 0.303 e. The standard InChI is InChI=1S/C14H28O2.Ho/c1-2-3-4-5-6-7-8-9-10-11-12-13-14(15)16;/h2-13H2,1H3,(H,15,16);. The second-order valence-corrected chi connectivity index (χ2v) is 4.68. The normalized spacial score (nSPS) is 9.94. The van der Waals surface area contributed by atoms with Crippen molar-refractivity contribution in [2.75, 3.05) is 0 Å². The fraction of sp³-hybridized carbons (Fsp3) is 0.929. The molecule has 0 aliphatic carbocycles. The van der Waals surface area contributed by atoms with Crippen LogP contribution in [0.3, 0.4) is 0 Å². The minimum absolute atomic E-state index is 0. The molecule has 17 heavy (non-hydrogen) atoms.